The largest absolute Gasteiger partial charge is 0.236 e. The lowest BCUT2D eigenvalue weighted by Crippen LogP contribution is -2.15. The van der Waals surface area contributed by atoms with Crippen molar-refractivity contribution in [3.05, 3.63) is 229 Å². The zero-order valence-corrected chi connectivity index (χ0v) is 38.4. The molecule has 0 atom stereocenters. The number of aromatic nitrogens is 4. The molecule has 0 radical (unpaired) electrons. The van der Waals surface area contributed by atoms with E-state index in [2.05, 4.69) is 185 Å². The van der Waals surface area contributed by atoms with Crippen molar-refractivity contribution in [3.63, 3.8) is 0 Å². The molecule has 2 aromatic heterocycles. The van der Waals surface area contributed by atoms with Gasteiger partial charge in [-0.1, -0.05) is 173 Å². The predicted octanol–water partition coefficient (Wildman–Crippen LogP) is 16.2. The maximum absolute atomic E-state index is 4.88. The van der Waals surface area contributed by atoms with Crippen LogP contribution in [0.25, 0.3) is 111 Å². The van der Waals surface area contributed by atoms with Gasteiger partial charge in [-0.3, -0.25) is 0 Å². The number of hydrogen-bond donors (Lipinski definition) is 0. The van der Waals surface area contributed by atoms with E-state index in [0.29, 0.717) is 0 Å². The van der Waals surface area contributed by atoms with E-state index in [0.717, 1.165) is 55.7 Å². The van der Waals surface area contributed by atoms with Gasteiger partial charge in [-0.05, 0) is 138 Å². The first-order valence-corrected chi connectivity index (χ1v) is 23.5. The van der Waals surface area contributed by atoms with E-state index >= 15 is 0 Å². The standard InChI is InChI=1S/C64H46N4/c1-63(2)55-33-43(23-27-51(55)53-29-25-45(35-57(53)63)41-13-9-15-47(31-41)61-65-37-49-11-5-7-17-59(49)67-61)39-19-21-40(22-20-39)44-24-28-52-54-30-26-46(36-58(54)64(3,4)56(52)34-44)42-14-10-16-48(32-42)62-66-38-50-12-6-8-18-60(50)68-62/h5-38H,1-4H3. The highest BCUT2D eigenvalue weighted by Crippen LogP contribution is 2.52. The minimum atomic E-state index is -0.165. The van der Waals surface area contributed by atoms with Crippen molar-refractivity contribution in [2.45, 2.75) is 38.5 Å². The SMILES string of the molecule is CC1(C)c2cc(-c3ccc(-c4ccc5c(c4)C(C)(C)c4cc(-c6cccc(-c7ncc8ccccc8n7)c6)ccc4-5)cc3)ccc2-c2ccc(-c3cccc(-c4ncc5ccccc5n4)c3)cc21. The molecule has 9 aromatic carbocycles. The smallest absolute Gasteiger partial charge is 0.159 e. The lowest BCUT2D eigenvalue weighted by Gasteiger charge is -2.23. The Balaban J connectivity index is 0.753. The van der Waals surface area contributed by atoms with Crippen molar-refractivity contribution >= 4 is 21.8 Å². The molecule has 4 heteroatoms. The maximum atomic E-state index is 4.88. The second-order valence-corrected chi connectivity index (χ2v) is 19.5. The first-order valence-electron chi connectivity index (χ1n) is 23.5. The van der Waals surface area contributed by atoms with Crippen LogP contribution in [0.2, 0.25) is 0 Å². The van der Waals surface area contributed by atoms with E-state index in [-0.39, 0.29) is 10.8 Å². The molecule has 0 saturated carbocycles. The molecule has 11 aromatic rings. The molecule has 322 valence electrons. The Morgan fingerprint density at radius 1 is 0.279 bits per heavy atom. The second kappa shape index (κ2) is 15.1. The number of fused-ring (bicyclic) bond motifs is 8. The van der Waals surface area contributed by atoms with Crippen LogP contribution in [0.3, 0.4) is 0 Å². The van der Waals surface area contributed by atoms with Crippen LogP contribution >= 0.6 is 0 Å². The molecule has 0 unspecified atom stereocenters. The number of para-hydroxylation sites is 2. The van der Waals surface area contributed by atoms with Crippen LogP contribution in [0.1, 0.15) is 49.9 Å². The van der Waals surface area contributed by atoms with Crippen molar-refractivity contribution in [3.8, 4) is 89.5 Å². The van der Waals surface area contributed by atoms with Gasteiger partial charge in [0.25, 0.3) is 0 Å². The Labute approximate surface area is 396 Å². The number of nitrogens with zero attached hydrogens (tertiary/aromatic N) is 4. The van der Waals surface area contributed by atoms with E-state index in [1.807, 2.05) is 48.8 Å². The molecule has 0 N–H and O–H groups in total. The van der Waals surface area contributed by atoms with Gasteiger partial charge in [0.15, 0.2) is 11.6 Å². The Morgan fingerprint density at radius 2 is 0.588 bits per heavy atom. The zero-order valence-electron chi connectivity index (χ0n) is 38.4. The predicted molar refractivity (Wildman–Crippen MR) is 280 cm³/mol. The van der Waals surface area contributed by atoms with Crippen LogP contribution in [-0.2, 0) is 10.8 Å². The molecular formula is C64H46N4. The van der Waals surface area contributed by atoms with Gasteiger partial charge in [-0.15, -0.1) is 0 Å². The molecule has 2 heterocycles. The average molecular weight is 871 g/mol. The summed E-state index contributed by atoms with van der Waals surface area (Å²) in [6, 6.07) is 70.6. The van der Waals surface area contributed by atoms with E-state index in [1.165, 1.54) is 77.9 Å². The van der Waals surface area contributed by atoms with Crippen LogP contribution in [0, 0.1) is 0 Å². The van der Waals surface area contributed by atoms with Crippen molar-refractivity contribution in [1.29, 1.82) is 0 Å². The fourth-order valence-corrected chi connectivity index (χ4v) is 10.9. The number of benzene rings is 9. The van der Waals surface area contributed by atoms with E-state index in [1.54, 1.807) is 0 Å². The monoisotopic (exact) mass is 870 g/mol. The summed E-state index contributed by atoms with van der Waals surface area (Å²) in [4.78, 5) is 19.2. The summed E-state index contributed by atoms with van der Waals surface area (Å²) >= 11 is 0. The summed E-state index contributed by atoms with van der Waals surface area (Å²) in [5, 5.41) is 2.09. The summed E-state index contributed by atoms with van der Waals surface area (Å²) < 4.78 is 0. The molecule has 0 amide bonds. The first kappa shape index (κ1) is 40.0. The van der Waals surface area contributed by atoms with Crippen molar-refractivity contribution in [2.24, 2.45) is 0 Å². The van der Waals surface area contributed by atoms with Crippen LogP contribution in [0.15, 0.2) is 207 Å². The molecule has 0 saturated heterocycles. The van der Waals surface area contributed by atoms with Gasteiger partial charge < -0.3 is 0 Å². The van der Waals surface area contributed by atoms with Crippen molar-refractivity contribution in [1.82, 2.24) is 19.9 Å². The maximum Gasteiger partial charge on any atom is 0.159 e. The Kier molecular flexibility index (Phi) is 8.88. The van der Waals surface area contributed by atoms with Gasteiger partial charge in [0.1, 0.15) is 0 Å². The van der Waals surface area contributed by atoms with Crippen LogP contribution in [0.5, 0.6) is 0 Å². The molecule has 2 aliphatic rings. The van der Waals surface area contributed by atoms with Gasteiger partial charge in [-0.25, -0.2) is 19.9 Å². The third-order valence-electron chi connectivity index (χ3n) is 14.8. The highest BCUT2D eigenvalue weighted by Gasteiger charge is 2.37. The molecule has 0 spiro atoms. The Hall–Kier alpha value is -8.34. The van der Waals surface area contributed by atoms with E-state index in [4.69, 9.17) is 19.9 Å². The molecule has 4 nitrogen and oxygen atoms in total. The molecule has 2 aliphatic carbocycles. The molecule has 0 fully saturated rings. The van der Waals surface area contributed by atoms with Gasteiger partial charge in [-0.2, -0.15) is 0 Å². The van der Waals surface area contributed by atoms with Crippen LogP contribution in [-0.4, -0.2) is 19.9 Å². The molecule has 13 rings (SSSR count). The number of rotatable bonds is 6. The van der Waals surface area contributed by atoms with Crippen LogP contribution in [0.4, 0.5) is 0 Å². The van der Waals surface area contributed by atoms with Gasteiger partial charge >= 0.3 is 0 Å². The third-order valence-corrected chi connectivity index (χ3v) is 14.8. The van der Waals surface area contributed by atoms with E-state index in [9.17, 15) is 0 Å². The molecule has 0 bridgehead atoms. The molecule has 0 aliphatic heterocycles. The van der Waals surface area contributed by atoms with Crippen LogP contribution < -0.4 is 0 Å². The second-order valence-electron chi connectivity index (χ2n) is 19.5. The van der Waals surface area contributed by atoms with Gasteiger partial charge in [0.2, 0.25) is 0 Å². The number of hydrogen-bond acceptors (Lipinski definition) is 4. The third kappa shape index (κ3) is 6.43. The summed E-state index contributed by atoms with van der Waals surface area (Å²) in [7, 11) is 0. The zero-order chi connectivity index (χ0) is 45.7. The Morgan fingerprint density at radius 3 is 0.971 bits per heavy atom. The van der Waals surface area contributed by atoms with Crippen molar-refractivity contribution in [2.75, 3.05) is 0 Å². The molecular weight excluding hydrogens is 825 g/mol. The lowest BCUT2D eigenvalue weighted by molar-refractivity contribution is 0.660. The highest BCUT2D eigenvalue weighted by atomic mass is 14.9. The average Bonchev–Trinajstić information content (AvgIpc) is 3.76. The summed E-state index contributed by atoms with van der Waals surface area (Å²) in [6.45, 7) is 9.45. The van der Waals surface area contributed by atoms with Crippen molar-refractivity contribution < 1.29 is 0 Å². The summed E-state index contributed by atoms with van der Waals surface area (Å²) in [5.41, 5.74) is 23.9. The summed E-state index contributed by atoms with van der Waals surface area (Å²) in [5.74, 6) is 1.48. The lowest BCUT2D eigenvalue weighted by atomic mass is 9.80. The minimum absolute atomic E-state index is 0.165. The fourth-order valence-electron chi connectivity index (χ4n) is 10.9. The molecule has 68 heavy (non-hydrogen) atoms. The minimum Gasteiger partial charge on any atom is -0.236 e. The normalized spacial score (nSPS) is 13.8. The Bertz CT molecular complexity index is 3610. The topological polar surface area (TPSA) is 51.6 Å². The van der Waals surface area contributed by atoms with Gasteiger partial charge in [0.05, 0.1) is 11.0 Å². The summed E-state index contributed by atoms with van der Waals surface area (Å²) in [6.07, 6.45) is 3.83. The van der Waals surface area contributed by atoms with Gasteiger partial charge in [0, 0.05) is 45.1 Å². The first-order chi connectivity index (χ1) is 33.2. The highest BCUT2D eigenvalue weighted by molar-refractivity contribution is 5.89. The fraction of sp³-hybridized carbons (Fsp3) is 0.0938. The quantitative estimate of drug-likeness (QED) is 0.167. The van der Waals surface area contributed by atoms with E-state index < -0.39 is 0 Å².